The van der Waals surface area contributed by atoms with E-state index in [0.29, 0.717) is 24.7 Å². The lowest BCUT2D eigenvalue weighted by Crippen LogP contribution is -2.10. The van der Waals surface area contributed by atoms with Crippen LogP contribution in [-0.2, 0) is 0 Å². The molecule has 0 fully saturated rings. The molecule has 2 rings (SSSR count). The molecule has 19 heavy (non-hydrogen) atoms. The summed E-state index contributed by atoms with van der Waals surface area (Å²) in [6.07, 6.45) is 0. The fourth-order valence-corrected chi connectivity index (χ4v) is 2.01. The molecular weight excluding hydrogens is 306 g/mol. The molecule has 100 valence electrons. The number of hydrogen-bond acceptors (Lipinski definition) is 3. The summed E-state index contributed by atoms with van der Waals surface area (Å²) in [6.45, 7) is 2.94. The first kappa shape index (κ1) is 13.7. The zero-order valence-corrected chi connectivity index (χ0v) is 12.3. The minimum Gasteiger partial charge on any atom is -0.490 e. The van der Waals surface area contributed by atoms with Gasteiger partial charge in [-0.3, -0.25) is 0 Å². The lowest BCUT2D eigenvalue weighted by Gasteiger charge is -2.10. The van der Waals surface area contributed by atoms with E-state index < -0.39 is 0 Å². The normalized spacial score (nSPS) is 10.2. The van der Waals surface area contributed by atoms with Crippen LogP contribution in [-0.4, -0.2) is 13.2 Å². The van der Waals surface area contributed by atoms with E-state index in [1.807, 2.05) is 49.4 Å². The Morgan fingerprint density at radius 1 is 1.05 bits per heavy atom. The van der Waals surface area contributed by atoms with Crippen molar-refractivity contribution in [2.45, 2.75) is 6.92 Å². The lowest BCUT2D eigenvalue weighted by atomic mass is 10.2. The first-order valence-electron chi connectivity index (χ1n) is 6.02. The highest BCUT2D eigenvalue weighted by Crippen LogP contribution is 2.22. The van der Waals surface area contributed by atoms with Gasteiger partial charge in [-0.15, -0.1) is 0 Å². The monoisotopic (exact) mass is 321 g/mol. The number of nitrogens with two attached hydrogens (primary N) is 1. The molecule has 0 aliphatic carbocycles. The number of nitrogen functional groups attached to an aromatic ring is 1. The third-order valence-electron chi connectivity index (χ3n) is 2.57. The summed E-state index contributed by atoms with van der Waals surface area (Å²) >= 11 is 3.40. The molecule has 2 N–H and O–H groups in total. The summed E-state index contributed by atoms with van der Waals surface area (Å²) in [4.78, 5) is 0. The molecule has 0 unspecified atom stereocenters. The lowest BCUT2D eigenvalue weighted by molar-refractivity contribution is 0.218. The Morgan fingerprint density at radius 2 is 1.84 bits per heavy atom. The Bertz CT molecular complexity index is 558. The van der Waals surface area contributed by atoms with Gasteiger partial charge in [-0.25, -0.2) is 0 Å². The Balaban J connectivity index is 1.82. The van der Waals surface area contributed by atoms with Crippen molar-refractivity contribution >= 4 is 21.6 Å². The Kier molecular flexibility index (Phi) is 4.68. The summed E-state index contributed by atoms with van der Waals surface area (Å²) in [7, 11) is 0. The molecule has 0 saturated heterocycles. The molecule has 4 heteroatoms. The second kappa shape index (κ2) is 6.48. The van der Waals surface area contributed by atoms with Gasteiger partial charge < -0.3 is 15.2 Å². The van der Waals surface area contributed by atoms with Crippen LogP contribution in [0.15, 0.2) is 46.9 Å². The Morgan fingerprint density at radius 3 is 2.63 bits per heavy atom. The van der Waals surface area contributed by atoms with Crippen LogP contribution >= 0.6 is 15.9 Å². The topological polar surface area (TPSA) is 44.5 Å². The maximum atomic E-state index is 5.83. The zero-order chi connectivity index (χ0) is 13.7. The van der Waals surface area contributed by atoms with E-state index in [1.54, 1.807) is 0 Å². The van der Waals surface area contributed by atoms with Crippen LogP contribution in [0.3, 0.4) is 0 Å². The maximum absolute atomic E-state index is 5.83. The number of anilines is 1. The third-order valence-corrected chi connectivity index (χ3v) is 3.07. The van der Waals surface area contributed by atoms with Crippen LogP contribution in [0.25, 0.3) is 0 Å². The molecule has 0 spiro atoms. The minimum atomic E-state index is 0.458. The summed E-state index contributed by atoms with van der Waals surface area (Å²) in [5.41, 5.74) is 7.60. The van der Waals surface area contributed by atoms with E-state index in [9.17, 15) is 0 Å². The molecule has 3 nitrogen and oxygen atoms in total. The predicted octanol–water partition coefficient (Wildman–Crippen LogP) is 3.80. The van der Waals surface area contributed by atoms with Crippen molar-refractivity contribution in [3.63, 3.8) is 0 Å². The van der Waals surface area contributed by atoms with Crippen molar-refractivity contribution in [2.75, 3.05) is 18.9 Å². The largest absolute Gasteiger partial charge is 0.490 e. The number of halogens is 1. The molecule has 0 amide bonds. The van der Waals surface area contributed by atoms with E-state index >= 15 is 0 Å². The SMILES string of the molecule is Cc1ccc(N)c(OCCOc2cccc(Br)c2)c1. The van der Waals surface area contributed by atoms with Gasteiger partial charge in [-0.1, -0.05) is 28.1 Å². The first-order valence-corrected chi connectivity index (χ1v) is 6.82. The van der Waals surface area contributed by atoms with Crippen molar-refractivity contribution in [3.8, 4) is 11.5 Å². The second-order valence-corrected chi connectivity index (χ2v) is 5.11. The van der Waals surface area contributed by atoms with Gasteiger partial charge in [0.2, 0.25) is 0 Å². The average Bonchev–Trinajstić information content (AvgIpc) is 2.39. The number of hydrogen-bond donors (Lipinski definition) is 1. The van der Waals surface area contributed by atoms with Crippen LogP contribution in [0, 0.1) is 6.92 Å². The molecule has 0 atom stereocenters. The van der Waals surface area contributed by atoms with Gasteiger partial charge in [-0.2, -0.15) is 0 Å². The molecule has 0 bridgehead atoms. The smallest absolute Gasteiger partial charge is 0.142 e. The molecule has 0 saturated carbocycles. The van der Waals surface area contributed by atoms with Gasteiger partial charge in [0.15, 0.2) is 0 Å². The highest BCUT2D eigenvalue weighted by Gasteiger charge is 2.01. The van der Waals surface area contributed by atoms with Crippen molar-refractivity contribution in [3.05, 3.63) is 52.5 Å². The summed E-state index contributed by atoms with van der Waals surface area (Å²) in [6, 6.07) is 13.4. The zero-order valence-electron chi connectivity index (χ0n) is 10.7. The number of aryl methyl sites for hydroxylation is 1. The van der Waals surface area contributed by atoms with E-state index in [0.717, 1.165) is 15.8 Å². The van der Waals surface area contributed by atoms with Gasteiger partial charge >= 0.3 is 0 Å². The van der Waals surface area contributed by atoms with Crippen LogP contribution in [0.4, 0.5) is 5.69 Å². The number of benzene rings is 2. The number of ether oxygens (including phenoxy) is 2. The molecule has 0 aliphatic rings. The fraction of sp³-hybridized carbons (Fsp3) is 0.200. The molecule has 0 aliphatic heterocycles. The van der Waals surface area contributed by atoms with Gasteiger partial charge in [-0.05, 0) is 42.8 Å². The van der Waals surface area contributed by atoms with E-state index in [1.165, 1.54) is 0 Å². The minimum absolute atomic E-state index is 0.458. The van der Waals surface area contributed by atoms with Crippen molar-refractivity contribution in [1.82, 2.24) is 0 Å². The average molecular weight is 322 g/mol. The Hall–Kier alpha value is -1.68. The van der Waals surface area contributed by atoms with Gasteiger partial charge in [0, 0.05) is 4.47 Å². The van der Waals surface area contributed by atoms with Crippen LogP contribution in [0.5, 0.6) is 11.5 Å². The molecule has 2 aromatic carbocycles. The summed E-state index contributed by atoms with van der Waals surface area (Å²) < 4.78 is 12.2. The molecule has 0 radical (unpaired) electrons. The van der Waals surface area contributed by atoms with Crippen LogP contribution in [0.2, 0.25) is 0 Å². The van der Waals surface area contributed by atoms with Crippen molar-refractivity contribution in [2.24, 2.45) is 0 Å². The maximum Gasteiger partial charge on any atom is 0.142 e. The van der Waals surface area contributed by atoms with Crippen LogP contribution in [0.1, 0.15) is 5.56 Å². The van der Waals surface area contributed by atoms with Crippen LogP contribution < -0.4 is 15.2 Å². The highest BCUT2D eigenvalue weighted by molar-refractivity contribution is 9.10. The van der Waals surface area contributed by atoms with Crippen molar-refractivity contribution < 1.29 is 9.47 Å². The first-order chi connectivity index (χ1) is 9.15. The summed E-state index contributed by atoms with van der Waals surface area (Å²) in [5.74, 6) is 1.52. The van der Waals surface area contributed by atoms with Gasteiger partial charge in [0.05, 0.1) is 5.69 Å². The molecule has 0 aromatic heterocycles. The van der Waals surface area contributed by atoms with Crippen molar-refractivity contribution in [1.29, 1.82) is 0 Å². The Labute approximate surface area is 121 Å². The summed E-state index contributed by atoms with van der Waals surface area (Å²) in [5, 5.41) is 0. The van der Waals surface area contributed by atoms with E-state index in [2.05, 4.69) is 15.9 Å². The van der Waals surface area contributed by atoms with E-state index in [-0.39, 0.29) is 0 Å². The molecular formula is C15H16BrNO2. The van der Waals surface area contributed by atoms with E-state index in [4.69, 9.17) is 15.2 Å². The fourth-order valence-electron chi connectivity index (χ4n) is 1.63. The van der Waals surface area contributed by atoms with Gasteiger partial charge in [0.1, 0.15) is 24.7 Å². The highest BCUT2D eigenvalue weighted by atomic mass is 79.9. The standard InChI is InChI=1S/C15H16BrNO2/c1-11-5-6-14(17)15(9-11)19-8-7-18-13-4-2-3-12(16)10-13/h2-6,9-10H,7-8,17H2,1H3. The quantitative estimate of drug-likeness (QED) is 0.673. The molecule has 0 heterocycles. The third kappa shape index (κ3) is 4.17. The molecule has 2 aromatic rings. The van der Waals surface area contributed by atoms with Gasteiger partial charge in [0.25, 0.3) is 0 Å². The second-order valence-electron chi connectivity index (χ2n) is 4.20. The predicted molar refractivity (Wildman–Crippen MR) is 80.7 cm³/mol. The number of rotatable bonds is 5.